The zero-order valence-electron chi connectivity index (χ0n) is 11.1. The number of rotatable bonds is 2. The summed E-state index contributed by atoms with van der Waals surface area (Å²) >= 11 is 2.99. The van der Waals surface area contributed by atoms with Crippen LogP contribution in [0.5, 0.6) is 0 Å². The van der Waals surface area contributed by atoms with Gasteiger partial charge in [0.05, 0.1) is 16.9 Å². The molecule has 0 spiro atoms. The second kappa shape index (κ2) is 5.51. The molecule has 2 rings (SSSR count). The smallest absolute Gasteiger partial charge is 0.320 e. The van der Waals surface area contributed by atoms with E-state index in [1.807, 2.05) is 0 Å². The standard InChI is InChI=1S/C13H11BrF3N3O/c1-7-5-11(20(2)19-7)12(21)18-10-4-3-8(14)6-9(10)13(15,16)17/h3-6H,1-2H3,(H,18,21). The number of hydrogen-bond donors (Lipinski definition) is 1. The maximum absolute atomic E-state index is 13.0. The summed E-state index contributed by atoms with van der Waals surface area (Å²) in [6, 6.07) is 5.05. The third kappa shape index (κ3) is 3.44. The Kier molecular flexibility index (Phi) is 4.08. The van der Waals surface area contributed by atoms with Crippen LogP contribution >= 0.6 is 15.9 Å². The largest absolute Gasteiger partial charge is 0.418 e. The van der Waals surface area contributed by atoms with E-state index < -0.39 is 17.6 Å². The van der Waals surface area contributed by atoms with Crippen molar-refractivity contribution in [2.75, 3.05) is 5.32 Å². The van der Waals surface area contributed by atoms with E-state index in [2.05, 4.69) is 26.3 Å². The fourth-order valence-corrected chi connectivity index (χ4v) is 2.23. The lowest BCUT2D eigenvalue weighted by Crippen LogP contribution is -2.19. The molecule has 1 N–H and O–H groups in total. The fraction of sp³-hybridized carbons (Fsp3) is 0.231. The van der Waals surface area contributed by atoms with Gasteiger partial charge < -0.3 is 5.32 Å². The van der Waals surface area contributed by atoms with Gasteiger partial charge in [-0.15, -0.1) is 0 Å². The first-order valence-corrected chi connectivity index (χ1v) is 6.66. The van der Waals surface area contributed by atoms with E-state index >= 15 is 0 Å². The second-order valence-electron chi connectivity index (χ2n) is 4.44. The van der Waals surface area contributed by atoms with Crippen LogP contribution in [0.1, 0.15) is 21.7 Å². The number of alkyl halides is 3. The van der Waals surface area contributed by atoms with Crippen LogP contribution in [-0.2, 0) is 13.2 Å². The Labute approximate surface area is 127 Å². The minimum Gasteiger partial charge on any atom is -0.320 e. The number of carbonyl (C=O) groups excluding carboxylic acids is 1. The summed E-state index contributed by atoms with van der Waals surface area (Å²) in [7, 11) is 1.55. The average molecular weight is 362 g/mol. The van der Waals surface area contributed by atoms with Crippen molar-refractivity contribution in [2.24, 2.45) is 7.05 Å². The Morgan fingerprint density at radius 3 is 2.52 bits per heavy atom. The number of benzene rings is 1. The SMILES string of the molecule is Cc1cc(C(=O)Nc2ccc(Br)cc2C(F)(F)F)n(C)n1. The predicted molar refractivity (Wildman–Crippen MR) is 75.0 cm³/mol. The molecule has 0 fully saturated rings. The number of halogens is 4. The van der Waals surface area contributed by atoms with Crippen LogP contribution in [0.25, 0.3) is 0 Å². The minimum atomic E-state index is -4.56. The van der Waals surface area contributed by atoms with E-state index in [0.29, 0.717) is 5.69 Å². The molecule has 0 aliphatic heterocycles. The summed E-state index contributed by atoms with van der Waals surface area (Å²) in [5, 5.41) is 6.26. The molecule has 4 nitrogen and oxygen atoms in total. The molecule has 1 aromatic carbocycles. The van der Waals surface area contributed by atoms with E-state index in [-0.39, 0.29) is 15.9 Å². The second-order valence-corrected chi connectivity index (χ2v) is 5.35. The lowest BCUT2D eigenvalue weighted by atomic mass is 10.1. The average Bonchev–Trinajstić information content (AvgIpc) is 2.69. The molecule has 1 heterocycles. The van der Waals surface area contributed by atoms with Gasteiger partial charge in [0.1, 0.15) is 5.69 Å². The number of nitrogens with zero attached hydrogens (tertiary/aromatic N) is 2. The summed E-state index contributed by atoms with van der Waals surface area (Å²) in [4.78, 5) is 12.1. The molecule has 0 saturated heterocycles. The number of anilines is 1. The van der Waals surface area contributed by atoms with Gasteiger partial charge in [-0.05, 0) is 31.2 Å². The van der Waals surface area contributed by atoms with Crippen LogP contribution in [0.4, 0.5) is 18.9 Å². The molecule has 21 heavy (non-hydrogen) atoms. The maximum Gasteiger partial charge on any atom is 0.418 e. The number of hydrogen-bond acceptors (Lipinski definition) is 2. The lowest BCUT2D eigenvalue weighted by molar-refractivity contribution is -0.136. The Balaban J connectivity index is 2.36. The number of carbonyl (C=O) groups is 1. The first-order valence-electron chi connectivity index (χ1n) is 5.87. The predicted octanol–water partition coefficient (Wildman–Crippen LogP) is 3.76. The van der Waals surface area contributed by atoms with Gasteiger partial charge in [-0.3, -0.25) is 9.48 Å². The fourth-order valence-electron chi connectivity index (χ4n) is 1.87. The van der Waals surface area contributed by atoms with Crippen molar-refractivity contribution in [3.63, 3.8) is 0 Å². The molecular formula is C13H11BrF3N3O. The van der Waals surface area contributed by atoms with Crippen LogP contribution in [0.2, 0.25) is 0 Å². The van der Waals surface area contributed by atoms with Gasteiger partial charge >= 0.3 is 6.18 Å². The van der Waals surface area contributed by atoms with E-state index in [9.17, 15) is 18.0 Å². The van der Waals surface area contributed by atoms with Crippen molar-refractivity contribution in [3.8, 4) is 0 Å². The van der Waals surface area contributed by atoms with Gasteiger partial charge in [0.25, 0.3) is 5.91 Å². The van der Waals surface area contributed by atoms with Crippen molar-refractivity contribution in [3.05, 3.63) is 45.7 Å². The molecule has 0 bridgehead atoms. The summed E-state index contributed by atoms with van der Waals surface area (Å²) in [6.07, 6.45) is -4.56. The van der Waals surface area contributed by atoms with Crippen LogP contribution in [-0.4, -0.2) is 15.7 Å². The van der Waals surface area contributed by atoms with Crippen LogP contribution in [0.15, 0.2) is 28.7 Å². The summed E-state index contributed by atoms with van der Waals surface area (Å²) in [5.74, 6) is -0.647. The molecule has 0 atom stereocenters. The number of amides is 1. The highest BCUT2D eigenvalue weighted by Crippen LogP contribution is 2.36. The molecule has 1 aromatic heterocycles. The molecule has 8 heteroatoms. The maximum atomic E-state index is 13.0. The zero-order chi connectivity index (χ0) is 15.8. The zero-order valence-corrected chi connectivity index (χ0v) is 12.7. The summed E-state index contributed by atoms with van der Waals surface area (Å²) < 4.78 is 40.5. The number of nitrogens with one attached hydrogen (secondary N) is 1. The quantitative estimate of drug-likeness (QED) is 0.884. The van der Waals surface area contributed by atoms with Gasteiger partial charge in [-0.1, -0.05) is 15.9 Å². The van der Waals surface area contributed by atoms with E-state index in [1.54, 1.807) is 14.0 Å². The van der Waals surface area contributed by atoms with E-state index in [4.69, 9.17) is 0 Å². The molecule has 1 amide bonds. The third-order valence-electron chi connectivity index (χ3n) is 2.77. The topological polar surface area (TPSA) is 46.9 Å². The Bertz CT molecular complexity index is 694. The van der Waals surface area contributed by atoms with Crippen LogP contribution in [0.3, 0.4) is 0 Å². The van der Waals surface area contributed by atoms with Crippen LogP contribution in [0, 0.1) is 6.92 Å². The number of aromatic nitrogens is 2. The van der Waals surface area contributed by atoms with E-state index in [0.717, 1.165) is 6.07 Å². The van der Waals surface area contributed by atoms with Gasteiger partial charge in [0.15, 0.2) is 0 Å². The molecule has 0 aliphatic rings. The highest BCUT2D eigenvalue weighted by Gasteiger charge is 2.34. The molecule has 0 radical (unpaired) electrons. The Hall–Kier alpha value is -1.83. The first kappa shape index (κ1) is 15.6. The normalized spacial score (nSPS) is 11.5. The first-order chi connectivity index (χ1) is 9.68. The van der Waals surface area contributed by atoms with Gasteiger partial charge in [0.2, 0.25) is 0 Å². The number of aryl methyl sites for hydroxylation is 2. The van der Waals surface area contributed by atoms with Gasteiger partial charge in [-0.25, -0.2) is 0 Å². The minimum absolute atomic E-state index is 0.184. The molecule has 0 saturated carbocycles. The van der Waals surface area contributed by atoms with Crippen molar-refractivity contribution in [1.82, 2.24) is 9.78 Å². The van der Waals surface area contributed by atoms with Crippen molar-refractivity contribution in [1.29, 1.82) is 0 Å². The Morgan fingerprint density at radius 2 is 2.00 bits per heavy atom. The van der Waals surface area contributed by atoms with E-state index in [1.165, 1.54) is 22.9 Å². The van der Waals surface area contributed by atoms with Gasteiger partial charge in [0, 0.05) is 11.5 Å². The lowest BCUT2D eigenvalue weighted by Gasteiger charge is -2.14. The van der Waals surface area contributed by atoms with Gasteiger partial charge in [-0.2, -0.15) is 18.3 Å². The summed E-state index contributed by atoms with van der Waals surface area (Å²) in [5.41, 5.74) is -0.420. The van der Waals surface area contributed by atoms with Crippen molar-refractivity contribution in [2.45, 2.75) is 13.1 Å². The van der Waals surface area contributed by atoms with Crippen LogP contribution < -0.4 is 5.32 Å². The molecule has 112 valence electrons. The molecule has 2 aromatic rings. The molecular weight excluding hydrogens is 351 g/mol. The highest BCUT2D eigenvalue weighted by atomic mass is 79.9. The molecule has 0 unspecified atom stereocenters. The van der Waals surface area contributed by atoms with Crippen molar-refractivity contribution >= 4 is 27.5 Å². The monoisotopic (exact) mass is 361 g/mol. The summed E-state index contributed by atoms with van der Waals surface area (Å²) in [6.45, 7) is 1.69. The highest BCUT2D eigenvalue weighted by molar-refractivity contribution is 9.10. The Morgan fingerprint density at radius 1 is 1.33 bits per heavy atom. The van der Waals surface area contributed by atoms with Crippen molar-refractivity contribution < 1.29 is 18.0 Å². The third-order valence-corrected chi connectivity index (χ3v) is 3.26. The molecule has 0 aliphatic carbocycles.